The first-order chi connectivity index (χ1) is 14.5. The Bertz CT molecular complexity index is 1390. The molecular formula is C23H21N5O2. The number of aromatic nitrogens is 3. The molecule has 0 fully saturated rings. The molecule has 4 rings (SSSR count). The summed E-state index contributed by atoms with van der Waals surface area (Å²) < 4.78 is 3.10. The van der Waals surface area contributed by atoms with E-state index < -0.39 is 5.91 Å². The van der Waals surface area contributed by atoms with Crippen molar-refractivity contribution in [1.82, 2.24) is 19.4 Å². The van der Waals surface area contributed by atoms with E-state index in [9.17, 15) is 14.9 Å². The Morgan fingerprint density at radius 2 is 1.93 bits per heavy atom. The molecule has 0 radical (unpaired) electrons. The average molecular weight is 399 g/mol. The molecule has 7 nitrogen and oxygen atoms in total. The van der Waals surface area contributed by atoms with E-state index in [4.69, 9.17) is 0 Å². The Kier molecular flexibility index (Phi) is 4.98. The SMILES string of the molecule is Cn1c(=O)n(C)c2cc(/C=C(/C#N)C(=O)NCCc3c[nH]c4ccccc34)ccc21. The van der Waals surface area contributed by atoms with Gasteiger partial charge in [-0.05, 0) is 41.8 Å². The molecule has 150 valence electrons. The number of rotatable bonds is 5. The van der Waals surface area contributed by atoms with Crippen molar-refractivity contribution in [3.05, 3.63) is 75.8 Å². The molecule has 1 amide bonds. The molecule has 30 heavy (non-hydrogen) atoms. The summed E-state index contributed by atoms with van der Waals surface area (Å²) in [7, 11) is 3.41. The summed E-state index contributed by atoms with van der Waals surface area (Å²) in [4.78, 5) is 27.8. The number of benzene rings is 2. The number of aromatic amines is 1. The molecule has 0 aliphatic rings. The number of nitrogens with one attached hydrogen (secondary N) is 2. The van der Waals surface area contributed by atoms with Crippen LogP contribution in [0.5, 0.6) is 0 Å². The van der Waals surface area contributed by atoms with Crippen molar-refractivity contribution in [3.63, 3.8) is 0 Å². The molecule has 0 atom stereocenters. The van der Waals surface area contributed by atoms with Crippen LogP contribution in [-0.4, -0.2) is 26.6 Å². The van der Waals surface area contributed by atoms with Crippen LogP contribution in [0.15, 0.2) is 59.0 Å². The van der Waals surface area contributed by atoms with Gasteiger partial charge in [0.1, 0.15) is 11.6 Å². The number of imidazole rings is 1. The van der Waals surface area contributed by atoms with Gasteiger partial charge in [-0.3, -0.25) is 13.9 Å². The number of carbonyl (C=O) groups excluding carboxylic acids is 1. The second-order valence-corrected chi connectivity index (χ2v) is 7.18. The number of fused-ring (bicyclic) bond motifs is 2. The number of aryl methyl sites for hydroxylation is 2. The lowest BCUT2D eigenvalue weighted by Gasteiger charge is -2.04. The van der Waals surface area contributed by atoms with Crippen LogP contribution in [0, 0.1) is 11.3 Å². The Labute approximate surface area is 172 Å². The molecule has 4 aromatic rings. The molecule has 0 saturated carbocycles. The molecule has 0 bridgehead atoms. The lowest BCUT2D eigenvalue weighted by molar-refractivity contribution is -0.117. The number of hydrogen-bond acceptors (Lipinski definition) is 3. The van der Waals surface area contributed by atoms with Crippen molar-refractivity contribution in [2.45, 2.75) is 6.42 Å². The predicted molar refractivity (Wildman–Crippen MR) is 117 cm³/mol. The maximum atomic E-state index is 12.5. The predicted octanol–water partition coefficient (Wildman–Crippen LogP) is 2.62. The summed E-state index contributed by atoms with van der Waals surface area (Å²) in [6, 6.07) is 15.4. The molecule has 2 heterocycles. The van der Waals surface area contributed by atoms with E-state index in [-0.39, 0.29) is 11.3 Å². The summed E-state index contributed by atoms with van der Waals surface area (Å²) in [5, 5.41) is 13.4. The van der Waals surface area contributed by atoms with Gasteiger partial charge in [-0.2, -0.15) is 5.26 Å². The van der Waals surface area contributed by atoms with Gasteiger partial charge in [-0.15, -0.1) is 0 Å². The molecule has 2 aromatic carbocycles. The third kappa shape index (κ3) is 3.40. The van der Waals surface area contributed by atoms with Gasteiger partial charge in [-0.1, -0.05) is 24.3 Å². The molecule has 2 aromatic heterocycles. The fourth-order valence-corrected chi connectivity index (χ4v) is 3.67. The molecular weight excluding hydrogens is 378 g/mol. The highest BCUT2D eigenvalue weighted by Gasteiger charge is 2.11. The smallest absolute Gasteiger partial charge is 0.328 e. The first kappa shape index (κ1) is 19.3. The van der Waals surface area contributed by atoms with E-state index >= 15 is 0 Å². The topological polar surface area (TPSA) is 95.6 Å². The Morgan fingerprint density at radius 3 is 2.73 bits per heavy atom. The Morgan fingerprint density at radius 1 is 1.17 bits per heavy atom. The van der Waals surface area contributed by atoms with E-state index in [0.717, 1.165) is 27.5 Å². The van der Waals surface area contributed by atoms with Gasteiger partial charge in [-0.25, -0.2) is 4.79 Å². The van der Waals surface area contributed by atoms with Crippen LogP contribution in [0.2, 0.25) is 0 Å². The van der Waals surface area contributed by atoms with Gasteiger partial charge in [0, 0.05) is 37.7 Å². The quantitative estimate of drug-likeness (QED) is 0.399. The zero-order chi connectivity index (χ0) is 21.3. The molecule has 0 saturated heterocycles. The summed E-state index contributed by atoms with van der Waals surface area (Å²) in [6.45, 7) is 0.423. The number of hydrogen-bond donors (Lipinski definition) is 2. The fraction of sp³-hybridized carbons (Fsp3) is 0.174. The van der Waals surface area contributed by atoms with Crippen LogP contribution in [0.4, 0.5) is 0 Å². The Balaban J connectivity index is 1.49. The lowest BCUT2D eigenvalue weighted by Crippen LogP contribution is -2.26. The second-order valence-electron chi connectivity index (χ2n) is 7.18. The third-order valence-electron chi connectivity index (χ3n) is 5.33. The van der Waals surface area contributed by atoms with Crippen molar-refractivity contribution in [2.24, 2.45) is 14.1 Å². The number of nitrogens with zero attached hydrogens (tertiary/aromatic N) is 3. The van der Waals surface area contributed by atoms with E-state index in [0.29, 0.717) is 18.5 Å². The van der Waals surface area contributed by atoms with E-state index in [1.165, 1.54) is 6.08 Å². The van der Waals surface area contributed by atoms with E-state index in [1.54, 1.807) is 35.4 Å². The van der Waals surface area contributed by atoms with Gasteiger partial charge in [0.15, 0.2) is 0 Å². The van der Waals surface area contributed by atoms with Gasteiger partial charge in [0.2, 0.25) is 0 Å². The normalized spacial score (nSPS) is 11.7. The third-order valence-corrected chi connectivity index (χ3v) is 5.33. The molecule has 7 heteroatoms. The number of H-pyrrole nitrogens is 1. The zero-order valence-electron chi connectivity index (χ0n) is 16.8. The molecule has 0 unspecified atom stereocenters. The molecule has 2 N–H and O–H groups in total. The molecule has 0 spiro atoms. The summed E-state index contributed by atoms with van der Waals surface area (Å²) in [5.41, 5.74) is 4.29. The highest BCUT2D eigenvalue weighted by molar-refractivity contribution is 6.02. The first-order valence-electron chi connectivity index (χ1n) is 9.60. The van der Waals surface area contributed by atoms with Crippen molar-refractivity contribution in [2.75, 3.05) is 6.54 Å². The number of amides is 1. The van der Waals surface area contributed by atoms with Gasteiger partial charge >= 0.3 is 5.69 Å². The lowest BCUT2D eigenvalue weighted by atomic mass is 10.1. The highest BCUT2D eigenvalue weighted by Crippen LogP contribution is 2.18. The minimum absolute atomic E-state index is 0.0224. The molecule has 0 aliphatic heterocycles. The molecule has 0 aliphatic carbocycles. The largest absolute Gasteiger partial charge is 0.361 e. The van der Waals surface area contributed by atoms with Crippen LogP contribution >= 0.6 is 0 Å². The average Bonchev–Trinajstić information content (AvgIpc) is 3.27. The summed E-state index contributed by atoms with van der Waals surface area (Å²) >= 11 is 0. The highest BCUT2D eigenvalue weighted by atomic mass is 16.2. The van der Waals surface area contributed by atoms with Crippen LogP contribution in [0.1, 0.15) is 11.1 Å². The van der Waals surface area contributed by atoms with Crippen molar-refractivity contribution < 1.29 is 4.79 Å². The fourth-order valence-electron chi connectivity index (χ4n) is 3.67. The standard InChI is InChI=1S/C23H21N5O2/c1-27-20-8-7-15(12-21(20)28(2)23(27)30)11-17(13-24)22(29)25-10-9-16-14-26-19-6-4-3-5-18(16)19/h3-8,11-12,14,26H,9-10H2,1-2H3,(H,25,29)/b17-11-. The maximum Gasteiger partial charge on any atom is 0.328 e. The van der Waals surface area contributed by atoms with Crippen LogP contribution in [0.3, 0.4) is 0 Å². The minimum atomic E-state index is -0.417. The number of nitriles is 1. The van der Waals surface area contributed by atoms with Gasteiger partial charge in [0.05, 0.1) is 11.0 Å². The van der Waals surface area contributed by atoms with Crippen molar-refractivity contribution >= 4 is 33.9 Å². The zero-order valence-corrected chi connectivity index (χ0v) is 16.8. The van der Waals surface area contributed by atoms with Gasteiger partial charge < -0.3 is 10.3 Å². The summed E-state index contributed by atoms with van der Waals surface area (Å²) in [5.74, 6) is -0.417. The van der Waals surface area contributed by atoms with Crippen LogP contribution in [0.25, 0.3) is 28.0 Å². The minimum Gasteiger partial charge on any atom is -0.361 e. The van der Waals surface area contributed by atoms with Crippen molar-refractivity contribution in [1.29, 1.82) is 5.26 Å². The maximum absolute atomic E-state index is 12.5. The van der Waals surface area contributed by atoms with Gasteiger partial charge in [0.25, 0.3) is 5.91 Å². The number of carbonyl (C=O) groups is 1. The van der Waals surface area contributed by atoms with Crippen LogP contribution < -0.4 is 11.0 Å². The Hall–Kier alpha value is -4.05. The first-order valence-corrected chi connectivity index (χ1v) is 9.60. The number of para-hydroxylation sites is 1. The van der Waals surface area contributed by atoms with E-state index in [2.05, 4.69) is 10.3 Å². The monoisotopic (exact) mass is 399 g/mol. The van der Waals surface area contributed by atoms with Crippen molar-refractivity contribution in [3.8, 4) is 6.07 Å². The van der Waals surface area contributed by atoms with Crippen LogP contribution in [-0.2, 0) is 25.3 Å². The second kappa shape index (κ2) is 7.76. The van der Waals surface area contributed by atoms with E-state index in [1.807, 2.05) is 42.6 Å². The summed E-state index contributed by atoms with van der Waals surface area (Å²) in [6.07, 6.45) is 4.14.